The van der Waals surface area contributed by atoms with Crippen molar-refractivity contribution in [3.8, 4) is 5.88 Å². The van der Waals surface area contributed by atoms with Crippen LogP contribution in [0.2, 0.25) is 0 Å². The van der Waals surface area contributed by atoms with E-state index in [-0.39, 0.29) is 5.88 Å². The molecule has 0 unspecified atom stereocenters. The van der Waals surface area contributed by atoms with Crippen molar-refractivity contribution in [2.24, 2.45) is 10.2 Å². The first-order chi connectivity index (χ1) is 8.09. The van der Waals surface area contributed by atoms with E-state index in [2.05, 4.69) is 15.2 Å². The number of hydrogen-bond donors (Lipinski definition) is 2. The minimum Gasteiger partial charge on any atom is -0.493 e. The maximum absolute atomic E-state index is 9.72. The Bertz CT molecular complexity index is 588. The molecule has 0 aliphatic heterocycles. The fraction of sp³-hybridized carbons (Fsp3) is 0.182. The van der Waals surface area contributed by atoms with Gasteiger partial charge in [-0.25, -0.2) is 0 Å². The summed E-state index contributed by atoms with van der Waals surface area (Å²) in [6.45, 7) is 0. The molecule has 5 nitrogen and oxygen atoms in total. The predicted octanol–water partition coefficient (Wildman–Crippen LogP) is 2.80. The highest BCUT2D eigenvalue weighted by molar-refractivity contribution is 7.80. The van der Waals surface area contributed by atoms with Crippen LogP contribution in [0.5, 0.6) is 5.88 Å². The minimum absolute atomic E-state index is 0.00324. The summed E-state index contributed by atoms with van der Waals surface area (Å²) >= 11 is 4.99. The first-order valence-corrected chi connectivity index (χ1v) is 5.43. The molecule has 88 valence electrons. The van der Waals surface area contributed by atoms with E-state index in [1.165, 1.54) is 0 Å². The highest BCUT2D eigenvalue weighted by atomic mass is 32.1. The molecule has 0 spiro atoms. The van der Waals surface area contributed by atoms with Crippen LogP contribution < -0.4 is 0 Å². The molecule has 1 aromatic carbocycles. The Morgan fingerprint density at radius 2 is 2.06 bits per heavy atom. The van der Waals surface area contributed by atoms with Crippen LogP contribution in [0, 0.1) is 0 Å². The van der Waals surface area contributed by atoms with Crippen LogP contribution in [0.1, 0.15) is 0 Å². The average Bonchev–Trinajstić information content (AvgIpc) is 2.61. The number of aromatic hydroxyl groups is 1. The third-order valence-corrected chi connectivity index (χ3v) is 2.72. The molecule has 2 N–H and O–H groups in total. The SMILES string of the molecule is CN(C)C(=S)N=Nc1c(O)[nH]c2ccccc12. The molecule has 0 bridgehead atoms. The van der Waals surface area contributed by atoms with Gasteiger partial charge in [0.15, 0.2) is 5.69 Å². The molecule has 0 radical (unpaired) electrons. The van der Waals surface area contributed by atoms with Gasteiger partial charge < -0.3 is 15.0 Å². The van der Waals surface area contributed by atoms with Crippen LogP contribution in [0.25, 0.3) is 10.9 Å². The molecular weight excluding hydrogens is 236 g/mol. The first kappa shape index (κ1) is 11.5. The number of fused-ring (bicyclic) bond motifs is 1. The number of aromatic nitrogens is 1. The lowest BCUT2D eigenvalue weighted by atomic mass is 10.2. The lowest BCUT2D eigenvalue weighted by Crippen LogP contribution is -2.16. The van der Waals surface area contributed by atoms with Crippen molar-refractivity contribution in [1.29, 1.82) is 0 Å². The zero-order valence-electron chi connectivity index (χ0n) is 9.51. The van der Waals surface area contributed by atoms with Crippen molar-refractivity contribution in [2.75, 3.05) is 14.1 Å². The summed E-state index contributed by atoms with van der Waals surface area (Å²) in [4.78, 5) is 4.50. The number of rotatable bonds is 1. The second-order valence-electron chi connectivity index (χ2n) is 3.74. The smallest absolute Gasteiger partial charge is 0.218 e. The summed E-state index contributed by atoms with van der Waals surface area (Å²) in [5.74, 6) is -0.00324. The molecule has 0 atom stereocenters. The van der Waals surface area contributed by atoms with Crippen LogP contribution >= 0.6 is 12.2 Å². The number of nitrogens with one attached hydrogen (secondary N) is 1. The van der Waals surface area contributed by atoms with E-state index >= 15 is 0 Å². The van der Waals surface area contributed by atoms with Gasteiger partial charge in [-0.15, -0.1) is 10.2 Å². The molecule has 0 aliphatic carbocycles. The summed E-state index contributed by atoms with van der Waals surface area (Å²) in [6.07, 6.45) is 0. The van der Waals surface area contributed by atoms with Gasteiger partial charge in [0.1, 0.15) is 0 Å². The number of nitrogens with zero attached hydrogens (tertiary/aromatic N) is 3. The van der Waals surface area contributed by atoms with E-state index in [1.807, 2.05) is 24.3 Å². The zero-order valence-corrected chi connectivity index (χ0v) is 10.3. The Morgan fingerprint density at radius 1 is 1.35 bits per heavy atom. The maximum atomic E-state index is 9.72. The zero-order chi connectivity index (χ0) is 12.4. The van der Waals surface area contributed by atoms with Gasteiger partial charge >= 0.3 is 0 Å². The number of hydrogen-bond acceptors (Lipinski definition) is 3. The van der Waals surface area contributed by atoms with Crippen molar-refractivity contribution in [3.05, 3.63) is 24.3 Å². The Kier molecular flexibility index (Phi) is 3.06. The third kappa shape index (κ3) is 2.26. The lowest BCUT2D eigenvalue weighted by molar-refractivity contribution is 0.459. The Morgan fingerprint density at radius 3 is 2.76 bits per heavy atom. The largest absolute Gasteiger partial charge is 0.493 e. The van der Waals surface area contributed by atoms with Gasteiger partial charge in [-0.3, -0.25) is 0 Å². The number of thiocarbonyl (C=S) groups is 1. The molecule has 0 saturated heterocycles. The second-order valence-corrected chi connectivity index (χ2v) is 4.11. The number of para-hydroxylation sites is 1. The topological polar surface area (TPSA) is 64.0 Å². The predicted molar refractivity (Wildman–Crippen MR) is 70.8 cm³/mol. The minimum atomic E-state index is -0.00324. The molecule has 0 amide bonds. The van der Waals surface area contributed by atoms with E-state index in [4.69, 9.17) is 12.2 Å². The average molecular weight is 248 g/mol. The van der Waals surface area contributed by atoms with Crippen LogP contribution in [-0.4, -0.2) is 34.2 Å². The van der Waals surface area contributed by atoms with Gasteiger partial charge in [0.2, 0.25) is 11.0 Å². The summed E-state index contributed by atoms with van der Waals surface area (Å²) in [5, 5.41) is 18.7. The molecular formula is C11H12N4OS. The summed E-state index contributed by atoms with van der Waals surface area (Å²) < 4.78 is 0. The number of aromatic amines is 1. The van der Waals surface area contributed by atoms with E-state index in [0.717, 1.165) is 10.9 Å². The van der Waals surface area contributed by atoms with Crippen molar-refractivity contribution < 1.29 is 5.11 Å². The number of azo groups is 1. The molecule has 0 saturated carbocycles. The second kappa shape index (κ2) is 4.50. The quantitative estimate of drug-likeness (QED) is 0.602. The maximum Gasteiger partial charge on any atom is 0.218 e. The third-order valence-electron chi connectivity index (χ3n) is 2.28. The summed E-state index contributed by atoms with van der Waals surface area (Å²) in [7, 11) is 3.58. The Labute approximate surface area is 104 Å². The van der Waals surface area contributed by atoms with E-state index < -0.39 is 0 Å². The van der Waals surface area contributed by atoms with E-state index in [0.29, 0.717) is 10.8 Å². The van der Waals surface area contributed by atoms with Crippen molar-refractivity contribution in [3.63, 3.8) is 0 Å². The Balaban J connectivity index is 2.42. The highest BCUT2D eigenvalue weighted by Crippen LogP contribution is 2.35. The highest BCUT2D eigenvalue weighted by Gasteiger charge is 2.09. The molecule has 0 fully saturated rings. The van der Waals surface area contributed by atoms with Crippen LogP contribution in [0.15, 0.2) is 34.5 Å². The summed E-state index contributed by atoms with van der Waals surface area (Å²) in [5.41, 5.74) is 1.22. The van der Waals surface area contributed by atoms with E-state index in [1.54, 1.807) is 19.0 Å². The molecule has 0 aliphatic rings. The Hall–Kier alpha value is -1.95. The van der Waals surface area contributed by atoms with Crippen LogP contribution in [0.4, 0.5) is 5.69 Å². The molecule has 2 aromatic rings. The van der Waals surface area contributed by atoms with Gasteiger partial charge in [0, 0.05) is 19.5 Å². The van der Waals surface area contributed by atoms with Gasteiger partial charge in [0.25, 0.3) is 0 Å². The van der Waals surface area contributed by atoms with Gasteiger partial charge in [-0.05, 0) is 18.3 Å². The molecule has 1 aromatic heterocycles. The van der Waals surface area contributed by atoms with Crippen LogP contribution in [0.3, 0.4) is 0 Å². The lowest BCUT2D eigenvalue weighted by Gasteiger charge is -2.06. The number of H-pyrrole nitrogens is 1. The van der Waals surface area contributed by atoms with Crippen LogP contribution in [-0.2, 0) is 0 Å². The fourth-order valence-electron chi connectivity index (χ4n) is 1.40. The molecule has 1 heterocycles. The van der Waals surface area contributed by atoms with Gasteiger partial charge in [0.05, 0.1) is 5.52 Å². The van der Waals surface area contributed by atoms with Gasteiger partial charge in [-0.1, -0.05) is 18.2 Å². The normalized spacial score (nSPS) is 11.2. The van der Waals surface area contributed by atoms with Gasteiger partial charge in [-0.2, -0.15) is 0 Å². The van der Waals surface area contributed by atoms with Crippen molar-refractivity contribution in [2.45, 2.75) is 0 Å². The van der Waals surface area contributed by atoms with Crippen molar-refractivity contribution >= 4 is 33.9 Å². The molecule has 6 heteroatoms. The number of benzene rings is 1. The standard InChI is InChI=1S/C11H12N4OS/c1-15(2)11(17)14-13-9-7-5-3-4-6-8(7)12-10(9)16/h3-6,12,16H,1-2H3. The van der Waals surface area contributed by atoms with E-state index in [9.17, 15) is 5.11 Å². The summed E-state index contributed by atoms with van der Waals surface area (Å²) in [6, 6.07) is 7.47. The van der Waals surface area contributed by atoms with Crippen molar-refractivity contribution in [1.82, 2.24) is 9.88 Å². The molecule has 17 heavy (non-hydrogen) atoms. The molecule has 2 rings (SSSR count). The first-order valence-electron chi connectivity index (χ1n) is 5.02. The fourth-order valence-corrected chi connectivity index (χ4v) is 1.44. The monoisotopic (exact) mass is 248 g/mol.